The van der Waals surface area contributed by atoms with Gasteiger partial charge in [0.25, 0.3) is 0 Å². The van der Waals surface area contributed by atoms with Crippen molar-refractivity contribution in [2.75, 3.05) is 20.8 Å². The Morgan fingerprint density at radius 1 is 1.32 bits per heavy atom. The van der Waals surface area contributed by atoms with E-state index >= 15 is 0 Å². The number of hydrogen-bond donors (Lipinski definition) is 1. The molecule has 1 atom stereocenters. The Balaban J connectivity index is 1.84. The highest BCUT2D eigenvalue weighted by molar-refractivity contribution is 5.43. The molecule has 0 saturated carbocycles. The molecule has 2 heterocycles. The van der Waals surface area contributed by atoms with Gasteiger partial charge in [0, 0.05) is 25.2 Å². The summed E-state index contributed by atoms with van der Waals surface area (Å²) in [6.45, 7) is 3.57. The first-order valence-corrected chi connectivity index (χ1v) is 8.80. The zero-order chi connectivity index (χ0) is 17.8. The minimum Gasteiger partial charge on any atom is -0.497 e. The number of fused-ring (bicyclic) bond motifs is 1. The Labute approximate surface area is 149 Å². The van der Waals surface area contributed by atoms with Crippen LogP contribution in [0.25, 0.3) is 0 Å². The monoisotopic (exact) mass is 345 g/mol. The van der Waals surface area contributed by atoms with Crippen LogP contribution in [0.4, 0.5) is 0 Å². The zero-order valence-corrected chi connectivity index (χ0v) is 15.5. The Bertz CT molecular complexity index is 727. The van der Waals surface area contributed by atoms with E-state index in [0.29, 0.717) is 6.54 Å². The summed E-state index contributed by atoms with van der Waals surface area (Å²) >= 11 is 0. The number of aryl methyl sites for hydroxylation is 2. The van der Waals surface area contributed by atoms with Crippen LogP contribution >= 0.6 is 0 Å². The maximum absolute atomic E-state index is 5.89. The molecular formula is C19H27N3O3. The van der Waals surface area contributed by atoms with Crippen LogP contribution in [0.2, 0.25) is 0 Å². The SMILES string of the molecule is CCc1nn(C)c(OC)c1CNC1CCCOc2ccc(OC)cc21. The lowest BCUT2D eigenvalue weighted by molar-refractivity contribution is 0.314. The van der Waals surface area contributed by atoms with Crippen molar-refractivity contribution in [3.8, 4) is 17.4 Å². The molecule has 2 aromatic rings. The van der Waals surface area contributed by atoms with Gasteiger partial charge in [0.1, 0.15) is 11.5 Å². The second-order valence-electron chi connectivity index (χ2n) is 6.24. The van der Waals surface area contributed by atoms with Gasteiger partial charge in [0.05, 0.1) is 32.1 Å². The molecule has 136 valence electrons. The molecule has 1 N–H and O–H groups in total. The Kier molecular flexibility index (Phi) is 5.48. The number of hydrogen-bond acceptors (Lipinski definition) is 5. The fourth-order valence-corrected chi connectivity index (χ4v) is 3.44. The van der Waals surface area contributed by atoms with E-state index in [0.717, 1.165) is 60.1 Å². The van der Waals surface area contributed by atoms with Crippen molar-refractivity contribution >= 4 is 0 Å². The lowest BCUT2D eigenvalue weighted by Gasteiger charge is -2.19. The molecule has 0 radical (unpaired) electrons. The predicted octanol–water partition coefficient (Wildman–Crippen LogP) is 3.00. The molecule has 0 amide bonds. The molecule has 0 fully saturated rings. The van der Waals surface area contributed by atoms with Crippen LogP contribution in [0, 0.1) is 0 Å². The van der Waals surface area contributed by atoms with E-state index in [2.05, 4.69) is 23.4 Å². The summed E-state index contributed by atoms with van der Waals surface area (Å²) in [6.07, 6.45) is 2.91. The molecule has 0 aliphatic carbocycles. The van der Waals surface area contributed by atoms with Crippen LogP contribution in [0.5, 0.6) is 17.4 Å². The largest absolute Gasteiger partial charge is 0.497 e. The third-order valence-electron chi connectivity index (χ3n) is 4.71. The van der Waals surface area contributed by atoms with Gasteiger partial charge in [-0.15, -0.1) is 0 Å². The Hall–Kier alpha value is -2.21. The van der Waals surface area contributed by atoms with Crippen molar-refractivity contribution in [3.05, 3.63) is 35.0 Å². The van der Waals surface area contributed by atoms with Crippen molar-refractivity contribution in [3.63, 3.8) is 0 Å². The summed E-state index contributed by atoms with van der Waals surface area (Å²) in [7, 11) is 5.30. The molecule has 25 heavy (non-hydrogen) atoms. The highest BCUT2D eigenvalue weighted by Gasteiger charge is 2.22. The first-order valence-electron chi connectivity index (χ1n) is 8.80. The molecule has 1 unspecified atom stereocenters. The number of benzene rings is 1. The van der Waals surface area contributed by atoms with Gasteiger partial charge in [-0.2, -0.15) is 5.10 Å². The Morgan fingerprint density at radius 2 is 2.16 bits per heavy atom. The van der Waals surface area contributed by atoms with Crippen molar-refractivity contribution < 1.29 is 14.2 Å². The Morgan fingerprint density at radius 3 is 2.88 bits per heavy atom. The fourth-order valence-electron chi connectivity index (χ4n) is 3.44. The quantitative estimate of drug-likeness (QED) is 0.872. The summed E-state index contributed by atoms with van der Waals surface area (Å²) < 4.78 is 18.6. The number of nitrogens with one attached hydrogen (secondary N) is 1. The summed E-state index contributed by atoms with van der Waals surface area (Å²) in [6, 6.07) is 6.22. The highest BCUT2D eigenvalue weighted by Crippen LogP contribution is 2.35. The van der Waals surface area contributed by atoms with E-state index in [-0.39, 0.29) is 6.04 Å². The normalized spacial score (nSPS) is 16.7. The number of nitrogens with zero attached hydrogens (tertiary/aromatic N) is 2. The fraction of sp³-hybridized carbons (Fsp3) is 0.526. The summed E-state index contributed by atoms with van der Waals surface area (Å²) in [5, 5.41) is 8.24. The van der Waals surface area contributed by atoms with E-state index in [1.165, 1.54) is 0 Å². The standard InChI is InChI=1S/C19H27N3O3/c1-5-16-15(19(24-4)22(2)21-16)12-20-17-7-6-10-25-18-9-8-13(23-3)11-14(17)18/h8-9,11,17,20H,5-7,10,12H2,1-4H3. The van der Waals surface area contributed by atoms with Crippen LogP contribution in [0.1, 0.15) is 42.6 Å². The van der Waals surface area contributed by atoms with Crippen LogP contribution < -0.4 is 19.5 Å². The minimum absolute atomic E-state index is 0.210. The van der Waals surface area contributed by atoms with Crippen molar-refractivity contribution in [1.29, 1.82) is 0 Å². The van der Waals surface area contributed by atoms with Gasteiger partial charge in [-0.3, -0.25) is 0 Å². The van der Waals surface area contributed by atoms with Gasteiger partial charge < -0.3 is 19.5 Å². The van der Waals surface area contributed by atoms with Gasteiger partial charge >= 0.3 is 0 Å². The minimum atomic E-state index is 0.210. The summed E-state index contributed by atoms with van der Waals surface area (Å²) in [4.78, 5) is 0. The van der Waals surface area contributed by atoms with Crippen LogP contribution in [-0.2, 0) is 20.0 Å². The third kappa shape index (κ3) is 3.58. The van der Waals surface area contributed by atoms with E-state index in [4.69, 9.17) is 14.2 Å². The van der Waals surface area contributed by atoms with Gasteiger partial charge in [-0.1, -0.05) is 6.92 Å². The van der Waals surface area contributed by atoms with Crippen molar-refractivity contribution in [1.82, 2.24) is 15.1 Å². The van der Waals surface area contributed by atoms with E-state index < -0.39 is 0 Å². The molecule has 0 spiro atoms. The number of methoxy groups -OCH3 is 2. The number of rotatable bonds is 6. The first-order chi connectivity index (χ1) is 12.2. The van der Waals surface area contributed by atoms with Crippen LogP contribution in [0.3, 0.4) is 0 Å². The molecule has 1 aromatic carbocycles. The topological polar surface area (TPSA) is 57.5 Å². The first kappa shape index (κ1) is 17.6. The molecule has 1 aromatic heterocycles. The lowest BCUT2D eigenvalue weighted by atomic mass is 10.0. The number of ether oxygens (including phenoxy) is 3. The molecular weight excluding hydrogens is 318 g/mol. The average molecular weight is 345 g/mol. The maximum Gasteiger partial charge on any atom is 0.216 e. The molecule has 6 heteroatoms. The average Bonchev–Trinajstić information content (AvgIpc) is 2.81. The van der Waals surface area contributed by atoms with Gasteiger partial charge in [0.15, 0.2) is 0 Å². The molecule has 0 bridgehead atoms. The van der Waals surface area contributed by atoms with Gasteiger partial charge in [-0.05, 0) is 37.5 Å². The van der Waals surface area contributed by atoms with E-state index in [1.807, 2.05) is 23.9 Å². The zero-order valence-electron chi connectivity index (χ0n) is 15.5. The van der Waals surface area contributed by atoms with Gasteiger partial charge in [-0.25, -0.2) is 4.68 Å². The molecule has 3 rings (SSSR count). The smallest absolute Gasteiger partial charge is 0.216 e. The second-order valence-corrected chi connectivity index (χ2v) is 6.24. The summed E-state index contributed by atoms with van der Waals surface area (Å²) in [5.74, 6) is 2.61. The lowest BCUT2D eigenvalue weighted by Crippen LogP contribution is -2.21. The summed E-state index contributed by atoms with van der Waals surface area (Å²) in [5.41, 5.74) is 3.35. The molecule has 0 saturated heterocycles. The molecule has 6 nitrogen and oxygen atoms in total. The molecule has 1 aliphatic rings. The molecule has 1 aliphatic heterocycles. The highest BCUT2D eigenvalue weighted by atomic mass is 16.5. The van der Waals surface area contributed by atoms with Crippen molar-refractivity contribution in [2.24, 2.45) is 7.05 Å². The van der Waals surface area contributed by atoms with Crippen LogP contribution in [-0.4, -0.2) is 30.6 Å². The third-order valence-corrected chi connectivity index (χ3v) is 4.71. The maximum atomic E-state index is 5.89. The van der Waals surface area contributed by atoms with E-state index in [1.54, 1.807) is 14.2 Å². The van der Waals surface area contributed by atoms with Crippen LogP contribution in [0.15, 0.2) is 18.2 Å². The number of aromatic nitrogens is 2. The van der Waals surface area contributed by atoms with Crippen molar-refractivity contribution in [2.45, 2.75) is 38.8 Å². The van der Waals surface area contributed by atoms with E-state index in [9.17, 15) is 0 Å². The second kappa shape index (κ2) is 7.78. The predicted molar refractivity (Wildman–Crippen MR) is 96.4 cm³/mol. The van der Waals surface area contributed by atoms with Gasteiger partial charge in [0.2, 0.25) is 5.88 Å².